The zero-order chi connectivity index (χ0) is 30.6. The van der Waals surface area contributed by atoms with Crippen molar-refractivity contribution >= 4 is 45.8 Å². The van der Waals surface area contributed by atoms with Gasteiger partial charge >= 0.3 is 0 Å². The molecule has 1 aromatic heterocycles. The van der Waals surface area contributed by atoms with E-state index in [-0.39, 0.29) is 23.2 Å². The second-order valence-electron chi connectivity index (χ2n) is 11.4. The van der Waals surface area contributed by atoms with E-state index in [0.717, 1.165) is 11.3 Å². The van der Waals surface area contributed by atoms with Gasteiger partial charge in [0.2, 0.25) is 5.91 Å². The Morgan fingerprint density at radius 1 is 1.14 bits per heavy atom. The minimum Gasteiger partial charge on any atom is -0.494 e. The molecular formula is C30H38FN7O4. The molecule has 0 bridgehead atoms. The summed E-state index contributed by atoms with van der Waals surface area (Å²) in [6.07, 6.45) is 2.71. The number of carbonyl (C=O) groups excluding carboxylic acids is 3. The van der Waals surface area contributed by atoms with Crippen LogP contribution in [0, 0.1) is 11.2 Å². The van der Waals surface area contributed by atoms with Crippen molar-refractivity contribution in [2.75, 3.05) is 30.9 Å². The van der Waals surface area contributed by atoms with Crippen LogP contribution in [0.4, 0.5) is 21.6 Å². The number of halogens is 1. The van der Waals surface area contributed by atoms with Crippen molar-refractivity contribution in [3.8, 4) is 5.75 Å². The van der Waals surface area contributed by atoms with Crippen molar-refractivity contribution in [2.24, 2.45) is 5.41 Å². The summed E-state index contributed by atoms with van der Waals surface area (Å²) in [4.78, 5) is 51.3. The van der Waals surface area contributed by atoms with Gasteiger partial charge in [0.1, 0.15) is 29.8 Å². The summed E-state index contributed by atoms with van der Waals surface area (Å²) in [6, 6.07) is 6.85. The van der Waals surface area contributed by atoms with Crippen LogP contribution in [-0.4, -0.2) is 66.5 Å². The molecular weight excluding hydrogens is 541 g/mol. The molecule has 2 heterocycles. The maximum absolute atomic E-state index is 14.5. The van der Waals surface area contributed by atoms with Crippen LogP contribution >= 0.6 is 0 Å². The van der Waals surface area contributed by atoms with Gasteiger partial charge in [0, 0.05) is 17.1 Å². The summed E-state index contributed by atoms with van der Waals surface area (Å²) < 4.78 is 19.2. The van der Waals surface area contributed by atoms with Crippen molar-refractivity contribution in [1.82, 2.24) is 25.9 Å². The number of benzene rings is 2. The Balaban J connectivity index is 1.86. The number of aromatic nitrogens is 2. The Morgan fingerprint density at radius 3 is 2.45 bits per heavy atom. The van der Waals surface area contributed by atoms with Gasteiger partial charge in [-0.15, -0.1) is 0 Å². The largest absolute Gasteiger partial charge is 0.494 e. The molecule has 0 saturated carbocycles. The number of likely N-dealkylation sites (N-methyl/N-ethyl adjacent to an activating group) is 1. The minimum atomic E-state index is -1.05. The van der Waals surface area contributed by atoms with Crippen LogP contribution in [0.3, 0.4) is 0 Å². The monoisotopic (exact) mass is 579 g/mol. The fraction of sp³-hybridized carbons (Fsp3) is 0.433. The number of imide groups is 1. The number of carbonyl (C=O) groups is 3. The topological polar surface area (TPSA) is 138 Å². The van der Waals surface area contributed by atoms with Crippen LogP contribution in [0.1, 0.15) is 40.5 Å². The number of nitrogens with zero attached hydrogens (tertiary/aromatic N) is 3. The molecule has 224 valence electrons. The first-order valence-corrected chi connectivity index (χ1v) is 13.9. The summed E-state index contributed by atoms with van der Waals surface area (Å²) in [5, 5.41) is 12.6. The van der Waals surface area contributed by atoms with Crippen LogP contribution in [0.5, 0.6) is 5.75 Å². The van der Waals surface area contributed by atoms with Crippen molar-refractivity contribution in [1.29, 1.82) is 0 Å². The highest BCUT2D eigenvalue weighted by molar-refractivity contribution is 6.20. The van der Waals surface area contributed by atoms with Crippen molar-refractivity contribution in [3.05, 3.63) is 48.5 Å². The van der Waals surface area contributed by atoms with E-state index in [2.05, 4.69) is 31.2 Å². The van der Waals surface area contributed by atoms with Gasteiger partial charge in [0.15, 0.2) is 0 Å². The average Bonchev–Trinajstić information content (AvgIpc) is 3.51. The first-order chi connectivity index (χ1) is 19.9. The highest BCUT2D eigenvalue weighted by atomic mass is 19.1. The lowest BCUT2D eigenvalue weighted by molar-refractivity contribution is -0.134. The number of amides is 3. The van der Waals surface area contributed by atoms with E-state index in [9.17, 15) is 18.8 Å². The lowest BCUT2D eigenvalue weighted by atomic mass is 9.85. The number of rotatable bonds is 9. The molecule has 3 amide bonds. The zero-order valence-electron chi connectivity index (χ0n) is 24.7. The van der Waals surface area contributed by atoms with E-state index in [0.29, 0.717) is 35.4 Å². The number of nitrogens with one attached hydrogen (secondary N) is 4. The number of anilines is 3. The van der Waals surface area contributed by atoms with Gasteiger partial charge in [-0.2, -0.15) is 0 Å². The smallest absolute Gasteiger partial charge is 0.257 e. The molecule has 3 aromatic rings. The molecule has 0 aliphatic carbocycles. The number of hydrogen-bond acceptors (Lipinski definition) is 9. The van der Waals surface area contributed by atoms with E-state index in [1.165, 1.54) is 25.6 Å². The van der Waals surface area contributed by atoms with Crippen LogP contribution < -0.4 is 30.9 Å². The summed E-state index contributed by atoms with van der Waals surface area (Å²) >= 11 is 0. The number of fused-ring (bicyclic) bond motifs is 1. The van der Waals surface area contributed by atoms with Gasteiger partial charge in [0.05, 0.1) is 30.4 Å². The first kappa shape index (κ1) is 30.8. The van der Waals surface area contributed by atoms with Gasteiger partial charge in [-0.05, 0) is 69.1 Å². The van der Waals surface area contributed by atoms with Gasteiger partial charge in [-0.1, -0.05) is 20.8 Å². The molecule has 42 heavy (non-hydrogen) atoms. The summed E-state index contributed by atoms with van der Waals surface area (Å²) in [5.41, 5.74) is 0.528. The number of methoxy groups -OCH3 is 1. The van der Waals surface area contributed by atoms with Crippen molar-refractivity contribution < 1.29 is 23.5 Å². The maximum Gasteiger partial charge on any atom is 0.257 e. The molecule has 0 unspecified atom stereocenters. The predicted octanol–water partition coefficient (Wildman–Crippen LogP) is 3.27. The zero-order valence-corrected chi connectivity index (χ0v) is 24.7. The third kappa shape index (κ3) is 6.66. The molecule has 11 nitrogen and oxygen atoms in total. The number of ether oxygens (including phenoxy) is 1. The minimum absolute atomic E-state index is 0.191. The molecule has 0 radical (unpaired) electrons. The third-order valence-electron chi connectivity index (χ3n) is 7.31. The van der Waals surface area contributed by atoms with Gasteiger partial charge in [-0.25, -0.2) is 19.3 Å². The maximum atomic E-state index is 14.5. The highest BCUT2D eigenvalue weighted by Crippen LogP contribution is 2.37. The third-order valence-corrected chi connectivity index (χ3v) is 7.31. The Morgan fingerprint density at radius 2 is 1.86 bits per heavy atom. The van der Waals surface area contributed by atoms with Gasteiger partial charge in [0.25, 0.3) is 11.8 Å². The lowest BCUT2D eigenvalue weighted by Gasteiger charge is -2.36. The fourth-order valence-corrected chi connectivity index (χ4v) is 4.75. The van der Waals surface area contributed by atoms with E-state index in [4.69, 9.17) is 4.74 Å². The van der Waals surface area contributed by atoms with Crippen molar-refractivity contribution in [3.63, 3.8) is 0 Å². The predicted molar refractivity (Wildman–Crippen MR) is 159 cm³/mol. The fourth-order valence-electron chi connectivity index (χ4n) is 4.75. The molecule has 1 aliphatic heterocycles. The van der Waals surface area contributed by atoms with Gasteiger partial charge in [-0.3, -0.25) is 14.4 Å². The standard InChI is InChI=1S/C30H38FN7O4/c1-17(32-5)27(39)37-25(30(2,3)4)29(41)38(28(40)21-8-7-13-33-21)23-14-20-22(15-24(23)42-6)34-16-35-26(20)36-19-11-9-18(31)10-12-19/h9-12,14-17,21,25,32-33H,7-8,13H2,1-6H3,(H,37,39)(H,34,35,36)/t17-,21-,25+/m0/s1. The van der Waals surface area contributed by atoms with Crippen molar-refractivity contribution in [2.45, 2.75) is 58.7 Å². The molecule has 12 heteroatoms. The van der Waals surface area contributed by atoms with E-state index >= 15 is 0 Å². The van der Waals surface area contributed by atoms with Crippen LogP contribution in [0.15, 0.2) is 42.7 Å². The molecule has 3 atom stereocenters. The molecule has 1 aliphatic rings. The SMILES string of the molecule is CN[C@@H](C)C(=O)N[C@H](C(=O)N(C(=O)[C@@H]1CCCN1)c1cc2c(Nc3ccc(F)cc3)ncnc2cc1OC)C(C)(C)C. The average molecular weight is 580 g/mol. The van der Waals surface area contributed by atoms with Crippen LogP contribution in [-0.2, 0) is 14.4 Å². The molecule has 2 aromatic carbocycles. The van der Waals surface area contributed by atoms with E-state index < -0.39 is 35.4 Å². The number of hydrogen-bond donors (Lipinski definition) is 4. The molecule has 1 saturated heterocycles. The second-order valence-corrected chi connectivity index (χ2v) is 11.4. The van der Waals surface area contributed by atoms with Gasteiger partial charge < -0.3 is 26.0 Å². The Hall–Kier alpha value is -4.16. The Bertz CT molecular complexity index is 1450. The Kier molecular flexibility index (Phi) is 9.37. The molecule has 4 rings (SSSR count). The van der Waals surface area contributed by atoms with Crippen LogP contribution in [0.2, 0.25) is 0 Å². The molecule has 1 fully saturated rings. The summed E-state index contributed by atoms with van der Waals surface area (Å²) in [5.74, 6) is -1.17. The van der Waals surface area contributed by atoms with E-state index in [1.807, 2.05) is 20.8 Å². The molecule has 0 spiro atoms. The highest BCUT2D eigenvalue weighted by Gasteiger charge is 2.42. The summed E-state index contributed by atoms with van der Waals surface area (Å²) in [6.45, 7) is 7.81. The summed E-state index contributed by atoms with van der Waals surface area (Å²) in [7, 11) is 3.10. The Labute approximate surface area is 244 Å². The molecule has 4 N–H and O–H groups in total. The first-order valence-electron chi connectivity index (χ1n) is 13.9. The normalized spacial score (nSPS) is 16.5. The quantitative estimate of drug-likeness (QED) is 0.301. The lowest BCUT2D eigenvalue weighted by Crippen LogP contribution is -2.60. The van der Waals surface area contributed by atoms with E-state index in [1.54, 1.807) is 38.2 Å². The second kappa shape index (κ2) is 12.8. The van der Waals surface area contributed by atoms with Crippen LogP contribution in [0.25, 0.3) is 10.9 Å².